The van der Waals surface area contributed by atoms with E-state index < -0.39 is 0 Å². The fourth-order valence-electron chi connectivity index (χ4n) is 1.95. The van der Waals surface area contributed by atoms with Crippen molar-refractivity contribution < 1.29 is 0 Å². The molecule has 0 aliphatic carbocycles. The molecule has 2 heterocycles. The summed E-state index contributed by atoms with van der Waals surface area (Å²) in [5, 5.41) is 4.23. The van der Waals surface area contributed by atoms with E-state index >= 15 is 0 Å². The van der Waals surface area contributed by atoms with Crippen LogP contribution in [0.2, 0.25) is 0 Å². The Hall–Kier alpha value is -2.36. The molecular formula is C16H20N4. The molecule has 0 spiro atoms. The Morgan fingerprint density at radius 1 is 1.35 bits per heavy atom. The normalized spacial score (nSPS) is 10.9. The molecule has 0 saturated heterocycles. The molecule has 0 aliphatic heterocycles. The van der Waals surface area contributed by atoms with Crippen LogP contribution in [0.3, 0.4) is 0 Å². The van der Waals surface area contributed by atoms with Crippen LogP contribution in [0.5, 0.6) is 0 Å². The van der Waals surface area contributed by atoms with Crippen LogP contribution in [0.1, 0.15) is 12.5 Å². The van der Waals surface area contributed by atoms with Crippen molar-refractivity contribution >= 4 is 16.7 Å². The maximum Gasteiger partial charge on any atom is 0.129 e. The average molecular weight is 268 g/mol. The lowest BCUT2D eigenvalue weighted by Gasteiger charge is -2.19. The lowest BCUT2D eigenvalue weighted by atomic mass is 10.2. The smallest absolute Gasteiger partial charge is 0.129 e. The molecule has 0 bridgehead atoms. The van der Waals surface area contributed by atoms with Gasteiger partial charge in [0.15, 0.2) is 0 Å². The molecule has 0 atom stereocenters. The first-order valence-corrected chi connectivity index (χ1v) is 6.59. The van der Waals surface area contributed by atoms with E-state index in [1.807, 2.05) is 45.6 Å². The van der Waals surface area contributed by atoms with Crippen molar-refractivity contribution in [1.29, 1.82) is 0 Å². The third-order valence-corrected chi connectivity index (χ3v) is 2.96. The number of rotatable bonds is 5. The number of hydrogen-bond acceptors (Lipinski definition) is 4. The molecule has 0 aromatic carbocycles. The summed E-state index contributed by atoms with van der Waals surface area (Å²) in [6.07, 6.45) is 7.48. The maximum absolute atomic E-state index is 4.45. The zero-order valence-corrected chi connectivity index (χ0v) is 12.2. The van der Waals surface area contributed by atoms with E-state index in [-0.39, 0.29) is 0 Å². The molecule has 2 aromatic heterocycles. The summed E-state index contributed by atoms with van der Waals surface area (Å²) < 4.78 is 0. The summed E-state index contributed by atoms with van der Waals surface area (Å²) in [6, 6.07) is 4.17. The number of allylic oxidation sites excluding steroid dienone is 1. The first kappa shape index (κ1) is 14.1. The Labute approximate surface area is 119 Å². The zero-order valence-electron chi connectivity index (χ0n) is 12.2. The van der Waals surface area contributed by atoms with Crippen LogP contribution in [-0.2, 0) is 0 Å². The highest BCUT2D eigenvalue weighted by atomic mass is 15.2. The third kappa shape index (κ3) is 3.35. The van der Waals surface area contributed by atoms with Gasteiger partial charge in [-0.05, 0) is 37.7 Å². The molecule has 4 nitrogen and oxygen atoms in total. The van der Waals surface area contributed by atoms with Gasteiger partial charge in [-0.15, -0.1) is 0 Å². The highest BCUT2D eigenvalue weighted by Gasteiger charge is 2.05. The van der Waals surface area contributed by atoms with Gasteiger partial charge >= 0.3 is 0 Å². The predicted molar refractivity (Wildman–Crippen MR) is 84.6 cm³/mol. The molecule has 1 N–H and O–H groups in total. The Morgan fingerprint density at radius 3 is 2.90 bits per heavy atom. The molecule has 104 valence electrons. The fraction of sp³-hybridized carbons (Fsp3) is 0.250. The molecule has 0 radical (unpaired) electrons. The first-order chi connectivity index (χ1) is 9.60. The second kappa shape index (κ2) is 6.19. The highest BCUT2D eigenvalue weighted by molar-refractivity contribution is 5.80. The monoisotopic (exact) mass is 268 g/mol. The van der Waals surface area contributed by atoms with Gasteiger partial charge < -0.3 is 10.2 Å². The molecular weight excluding hydrogens is 248 g/mol. The minimum absolute atomic E-state index is 0.697. The molecule has 4 heteroatoms. The van der Waals surface area contributed by atoms with Gasteiger partial charge in [-0.3, -0.25) is 4.98 Å². The Balaban J connectivity index is 2.17. The Bertz CT molecular complexity index is 646. The standard InChI is InChI=1S/C16H20N4/c1-5-6-17-13(3)11-20(4)16-8-14-7-12(2)9-18-15(14)10-19-16/h5-10,17H,3,11H2,1-2,4H3/b6-5-. The van der Waals surface area contributed by atoms with Crippen molar-refractivity contribution in [2.75, 3.05) is 18.5 Å². The van der Waals surface area contributed by atoms with Crippen LogP contribution >= 0.6 is 0 Å². The number of aryl methyl sites for hydroxylation is 1. The minimum atomic E-state index is 0.697. The van der Waals surface area contributed by atoms with Crippen LogP contribution in [0, 0.1) is 6.92 Å². The molecule has 0 fully saturated rings. The predicted octanol–water partition coefficient (Wildman–Crippen LogP) is 3.01. The van der Waals surface area contributed by atoms with Crippen LogP contribution in [0.4, 0.5) is 5.82 Å². The molecule has 20 heavy (non-hydrogen) atoms. The van der Waals surface area contributed by atoms with E-state index in [0.29, 0.717) is 6.54 Å². The molecule has 0 unspecified atom stereocenters. The quantitative estimate of drug-likeness (QED) is 0.905. The summed E-state index contributed by atoms with van der Waals surface area (Å²) in [4.78, 5) is 10.9. The van der Waals surface area contributed by atoms with Crippen LogP contribution in [0.15, 0.2) is 49.1 Å². The Morgan fingerprint density at radius 2 is 2.15 bits per heavy atom. The summed E-state index contributed by atoms with van der Waals surface area (Å²) in [5.41, 5.74) is 2.99. The molecule has 0 saturated carbocycles. The number of likely N-dealkylation sites (N-methyl/N-ethyl adjacent to an activating group) is 1. The number of aromatic nitrogens is 2. The lowest BCUT2D eigenvalue weighted by Crippen LogP contribution is -2.25. The number of nitrogens with one attached hydrogen (secondary N) is 1. The molecule has 0 amide bonds. The average Bonchev–Trinajstić information content (AvgIpc) is 2.44. The second-order valence-electron chi connectivity index (χ2n) is 4.85. The van der Waals surface area contributed by atoms with E-state index in [0.717, 1.165) is 28.0 Å². The fourth-order valence-corrected chi connectivity index (χ4v) is 1.95. The summed E-state index contributed by atoms with van der Waals surface area (Å²) in [5.74, 6) is 0.910. The van der Waals surface area contributed by atoms with Crippen LogP contribution < -0.4 is 10.2 Å². The number of fused-ring (bicyclic) bond motifs is 1. The number of hydrogen-bond donors (Lipinski definition) is 1. The van der Waals surface area contributed by atoms with Gasteiger partial charge in [0, 0.05) is 24.3 Å². The van der Waals surface area contributed by atoms with Crippen LogP contribution in [-0.4, -0.2) is 23.6 Å². The summed E-state index contributed by atoms with van der Waals surface area (Å²) in [6.45, 7) is 8.69. The van der Waals surface area contributed by atoms with Gasteiger partial charge in [0.2, 0.25) is 0 Å². The zero-order chi connectivity index (χ0) is 14.5. The van der Waals surface area contributed by atoms with Crippen molar-refractivity contribution in [3.63, 3.8) is 0 Å². The van der Waals surface area contributed by atoms with E-state index in [9.17, 15) is 0 Å². The number of pyridine rings is 2. The van der Waals surface area contributed by atoms with Crippen molar-refractivity contribution in [2.45, 2.75) is 13.8 Å². The van der Waals surface area contributed by atoms with Crippen molar-refractivity contribution in [3.05, 3.63) is 54.6 Å². The third-order valence-electron chi connectivity index (χ3n) is 2.96. The second-order valence-corrected chi connectivity index (χ2v) is 4.85. The topological polar surface area (TPSA) is 41.1 Å². The van der Waals surface area contributed by atoms with Crippen molar-refractivity contribution in [2.24, 2.45) is 0 Å². The van der Waals surface area contributed by atoms with E-state index in [4.69, 9.17) is 0 Å². The highest BCUT2D eigenvalue weighted by Crippen LogP contribution is 2.18. The SMILES string of the molecule is C=C(CN(C)c1cc2cc(C)cnc2cn1)N/C=C\C. The number of anilines is 1. The van der Waals surface area contributed by atoms with Crippen LogP contribution in [0.25, 0.3) is 10.9 Å². The summed E-state index contributed by atoms with van der Waals surface area (Å²) >= 11 is 0. The minimum Gasteiger partial charge on any atom is -0.364 e. The molecule has 2 aromatic rings. The van der Waals surface area contributed by atoms with Gasteiger partial charge in [0.05, 0.1) is 18.3 Å². The lowest BCUT2D eigenvalue weighted by molar-refractivity contribution is 0.893. The van der Waals surface area contributed by atoms with E-state index in [1.165, 1.54) is 0 Å². The largest absolute Gasteiger partial charge is 0.364 e. The first-order valence-electron chi connectivity index (χ1n) is 6.59. The van der Waals surface area contributed by atoms with E-state index in [1.54, 1.807) is 0 Å². The molecule has 0 aliphatic rings. The van der Waals surface area contributed by atoms with E-state index in [2.05, 4.69) is 38.9 Å². The van der Waals surface area contributed by atoms with Crippen molar-refractivity contribution in [3.8, 4) is 0 Å². The van der Waals surface area contributed by atoms with Gasteiger partial charge in [-0.2, -0.15) is 0 Å². The van der Waals surface area contributed by atoms with Gasteiger partial charge in [0.25, 0.3) is 0 Å². The van der Waals surface area contributed by atoms with Gasteiger partial charge in [0.1, 0.15) is 5.82 Å². The van der Waals surface area contributed by atoms with Gasteiger partial charge in [-0.1, -0.05) is 12.7 Å². The maximum atomic E-state index is 4.45. The molecule has 2 rings (SSSR count). The van der Waals surface area contributed by atoms with Crippen molar-refractivity contribution in [1.82, 2.24) is 15.3 Å². The summed E-state index contributed by atoms with van der Waals surface area (Å²) in [7, 11) is 2.00. The Kier molecular flexibility index (Phi) is 4.35. The number of nitrogens with zero attached hydrogens (tertiary/aromatic N) is 3. The van der Waals surface area contributed by atoms with Gasteiger partial charge in [-0.25, -0.2) is 4.98 Å².